The average molecular weight is 337 g/mol. The summed E-state index contributed by atoms with van der Waals surface area (Å²) in [6.45, 7) is 2.27. The molecule has 0 saturated heterocycles. The number of hydrogen-bond donors (Lipinski definition) is 2. The van der Waals surface area contributed by atoms with E-state index in [0.717, 1.165) is 12.8 Å². The Labute approximate surface area is 142 Å². The van der Waals surface area contributed by atoms with Crippen LogP contribution in [0.1, 0.15) is 110 Å². The molecule has 0 amide bonds. The lowest BCUT2D eigenvalue weighted by Gasteiger charge is -2.03. The van der Waals surface area contributed by atoms with Gasteiger partial charge >= 0.3 is 5.97 Å². The molecule has 0 bridgehead atoms. The fourth-order valence-corrected chi connectivity index (χ4v) is 2.65. The van der Waals surface area contributed by atoms with Crippen molar-refractivity contribution in [1.29, 1.82) is 0 Å². The maximum Gasteiger partial charge on any atom is 0.303 e. The number of unbranched alkanes of at least 4 members (excludes halogenated alkanes) is 14. The summed E-state index contributed by atoms with van der Waals surface area (Å²) in [7, 11) is 0. The van der Waals surface area contributed by atoms with Crippen LogP contribution in [0.5, 0.6) is 0 Å². The second-order valence-corrected chi connectivity index (χ2v) is 6.09. The van der Waals surface area contributed by atoms with Gasteiger partial charge in [-0.2, -0.15) is 0 Å². The first kappa shape index (κ1) is 24.0. The third-order valence-corrected chi connectivity index (χ3v) is 3.99. The van der Waals surface area contributed by atoms with Crippen molar-refractivity contribution in [3.8, 4) is 0 Å². The summed E-state index contributed by atoms with van der Waals surface area (Å²) in [5, 5.41) is 8.52. The Bertz CT molecular complexity index is 211. The SMILES string of the molecule is CCCCCCCCCCCCCCCCCC(=O)O.OCl. The number of carboxylic acids is 1. The van der Waals surface area contributed by atoms with Crippen molar-refractivity contribution in [2.45, 2.75) is 110 Å². The van der Waals surface area contributed by atoms with Crippen LogP contribution in [0.3, 0.4) is 0 Å². The van der Waals surface area contributed by atoms with Gasteiger partial charge in [-0.05, 0) is 6.42 Å². The number of carboxylic acid groups (broad SMARTS) is 1. The number of hydrogen-bond acceptors (Lipinski definition) is 2. The molecule has 134 valence electrons. The molecule has 0 aromatic carbocycles. The quantitative estimate of drug-likeness (QED) is 0.318. The fraction of sp³-hybridized carbons (Fsp3) is 0.944. The Morgan fingerprint density at radius 3 is 1.18 bits per heavy atom. The Hall–Kier alpha value is -0.280. The van der Waals surface area contributed by atoms with E-state index >= 15 is 0 Å². The molecule has 0 aliphatic carbocycles. The molecular weight excluding hydrogens is 300 g/mol. The van der Waals surface area contributed by atoms with Crippen LogP contribution in [0.25, 0.3) is 0 Å². The standard InChI is InChI=1S/C18H36O2.ClHO/c1-2-3-4-5-6-7-8-9-10-11-12-13-14-15-16-17-18(19)20;1-2/h2-17H2,1H3,(H,19,20);2H. The number of rotatable bonds is 16. The molecule has 3 nitrogen and oxygen atoms in total. The van der Waals surface area contributed by atoms with E-state index in [1.54, 1.807) is 0 Å². The van der Waals surface area contributed by atoms with Crippen LogP contribution < -0.4 is 0 Å². The zero-order valence-corrected chi connectivity index (χ0v) is 15.3. The van der Waals surface area contributed by atoms with Gasteiger partial charge in [0.1, 0.15) is 0 Å². The molecule has 0 heterocycles. The van der Waals surface area contributed by atoms with E-state index in [4.69, 9.17) is 9.77 Å². The molecule has 0 rings (SSSR count). The third kappa shape index (κ3) is 24.7. The largest absolute Gasteiger partial charge is 0.481 e. The summed E-state index contributed by atoms with van der Waals surface area (Å²) in [5.74, 6) is -0.653. The Morgan fingerprint density at radius 1 is 0.636 bits per heavy atom. The molecule has 0 saturated carbocycles. The summed E-state index contributed by atoms with van der Waals surface area (Å²) < 4.78 is 6.47. The fourth-order valence-electron chi connectivity index (χ4n) is 2.65. The maximum atomic E-state index is 10.3. The van der Waals surface area contributed by atoms with Crippen molar-refractivity contribution < 1.29 is 14.6 Å². The lowest BCUT2D eigenvalue weighted by Crippen LogP contribution is -1.93. The second kappa shape index (κ2) is 23.0. The molecule has 0 aromatic heterocycles. The first-order valence-corrected chi connectivity index (χ1v) is 9.50. The average Bonchev–Trinajstić information content (AvgIpc) is 2.53. The van der Waals surface area contributed by atoms with Crippen molar-refractivity contribution in [1.82, 2.24) is 0 Å². The first-order chi connectivity index (χ1) is 10.8. The summed E-state index contributed by atoms with van der Waals surface area (Å²) in [4.78, 5) is 10.3. The molecule has 22 heavy (non-hydrogen) atoms. The van der Waals surface area contributed by atoms with Crippen LogP contribution in [-0.4, -0.2) is 15.7 Å². The Morgan fingerprint density at radius 2 is 0.909 bits per heavy atom. The minimum atomic E-state index is -0.653. The van der Waals surface area contributed by atoms with Crippen LogP contribution in [0.15, 0.2) is 0 Å². The molecule has 4 heteroatoms. The van der Waals surface area contributed by atoms with Crippen LogP contribution in [0.4, 0.5) is 0 Å². The zero-order valence-electron chi connectivity index (χ0n) is 14.5. The molecule has 0 aromatic rings. The van der Waals surface area contributed by atoms with E-state index in [-0.39, 0.29) is 0 Å². The molecule has 0 aliphatic heterocycles. The zero-order chi connectivity index (χ0) is 16.9. The normalized spacial score (nSPS) is 10.1. The van der Waals surface area contributed by atoms with Gasteiger partial charge in [0.15, 0.2) is 0 Å². The highest BCUT2D eigenvalue weighted by molar-refractivity contribution is 6.04. The van der Waals surface area contributed by atoms with E-state index in [2.05, 4.69) is 18.8 Å². The first-order valence-electron chi connectivity index (χ1n) is 9.16. The monoisotopic (exact) mass is 336 g/mol. The van der Waals surface area contributed by atoms with Gasteiger partial charge in [-0.25, -0.2) is 0 Å². The highest BCUT2D eigenvalue weighted by Crippen LogP contribution is 2.13. The van der Waals surface area contributed by atoms with Gasteiger partial charge in [0.25, 0.3) is 0 Å². The van der Waals surface area contributed by atoms with Crippen molar-refractivity contribution in [3.05, 3.63) is 0 Å². The van der Waals surface area contributed by atoms with E-state index in [9.17, 15) is 4.79 Å². The summed E-state index contributed by atoms with van der Waals surface area (Å²) >= 11 is 3.64. The van der Waals surface area contributed by atoms with Crippen LogP contribution in [0.2, 0.25) is 0 Å². The maximum absolute atomic E-state index is 10.3. The predicted octanol–water partition coefficient (Wildman–Crippen LogP) is 6.47. The van der Waals surface area contributed by atoms with Crippen molar-refractivity contribution in [2.24, 2.45) is 0 Å². The minimum absolute atomic E-state index is 0.345. The van der Waals surface area contributed by atoms with Crippen molar-refractivity contribution in [2.75, 3.05) is 0 Å². The van der Waals surface area contributed by atoms with Gasteiger partial charge in [-0.15, -0.1) is 0 Å². The topological polar surface area (TPSA) is 57.5 Å². The van der Waals surface area contributed by atoms with E-state index in [0.29, 0.717) is 6.42 Å². The molecule has 0 unspecified atom stereocenters. The van der Waals surface area contributed by atoms with Crippen LogP contribution in [0, 0.1) is 0 Å². The van der Waals surface area contributed by atoms with Gasteiger partial charge in [-0.3, -0.25) is 9.45 Å². The molecule has 0 radical (unpaired) electrons. The van der Waals surface area contributed by atoms with Gasteiger partial charge in [-0.1, -0.05) is 96.8 Å². The minimum Gasteiger partial charge on any atom is -0.481 e. The summed E-state index contributed by atoms with van der Waals surface area (Å²) in [6, 6.07) is 0. The highest BCUT2D eigenvalue weighted by Gasteiger charge is 1.97. The third-order valence-electron chi connectivity index (χ3n) is 3.99. The van der Waals surface area contributed by atoms with Gasteiger partial charge in [0.05, 0.1) is 11.9 Å². The lowest BCUT2D eigenvalue weighted by molar-refractivity contribution is -0.137. The molecule has 0 fully saturated rings. The lowest BCUT2D eigenvalue weighted by atomic mass is 10.0. The molecule has 2 N–H and O–H groups in total. The number of halogens is 1. The van der Waals surface area contributed by atoms with Crippen LogP contribution in [-0.2, 0) is 4.79 Å². The van der Waals surface area contributed by atoms with Crippen molar-refractivity contribution in [3.63, 3.8) is 0 Å². The molecule has 0 spiro atoms. The van der Waals surface area contributed by atoms with Crippen LogP contribution >= 0.6 is 11.9 Å². The Balaban J connectivity index is 0. The number of aliphatic carboxylic acids is 1. The molecular formula is C18H37ClO3. The highest BCUT2D eigenvalue weighted by atomic mass is 35.5. The van der Waals surface area contributed by atoms with Gasteiger partial charge < -0.3 is 5.11 Å². The summed E-state index contributed by atoms with van der Waals surface area (Å²) in [6.07, 6.45) is 20.2. The van der Waals surface area contributed by atoms with E-state index in [1.165, 1.54) is 83.5 Å². The van der Waals surface area contributed by atoms with Gasteiger partial charge in [0.2, 0.25) is 0 Å². The predicted molar refractivity (Wildman–Crippen MR) is 95.3 cm³/mol. The van der Waals surface area contributed by atoms with E-state index in [1.807, 2.05) is 0 Å². The second-order valence-electron chi connectivity index (χ2n) is 6.09. The number of carbonyl (C=O) groups is 1. The molecule has 0 atom stereocenters. The Kier molecular flexibility index (Phi) is 25.1. The summed E-state index contributed by atoms with van der Waals surface area (Å²) in [5.41, 5.74) is 0. The molecule has 0 aliphatic rings. The van der Waals surface area contributed by atoms with Gasteiger partial charge in [0, 0.05) is 6.42 Å². The smallest absolute Gasteiger partial charge is 0.303 e. The van der Waals surface area contributed by atoms with Crippen molar-refractivity contribution >= 4 is 17.8 Å². The van der Waals surface area contributed by atoms with E-state index < -0.39 is 5.97 Å².